The smallest absolute Gasteiger partial charge is 0.340 e. The fraction of sp³-hybridized carbons (Fsp3) is 0.238. The van der Waals surface area contributed by atoms with E-state index in [0.29, 0.717) is 0 Å². The van der Waals surface area contributed by atoms with E-state index >= 15 is 0 Å². The van der Waals surface area contributed by atoms with E-state index in [-0.39, 0.29) is 21.7 Å². The number of non-ortho nitro benzene ring substituents is 1. The number of para-hydroxylation sites is 1. The zero-order valence-corrected chi connectivity index (χ0v) is 16.9. The SMILES string of the molecule is CN1/C(=C\C(=O)COC(=O)c2cc([N+](=O)[O-])ccc2Cl)C(C)(C)c2ccccc21. The lowest BCUT2D eigenvalue weighted by Gasteiger charge is -2.23. The summed E-state index contributed by atoms with van der Waals surface area (Å²) in [7, 11) is 1.88. The third-order valence-corrected chi connectivity index (χ3v) is 5.29. The molecule has 0 unspecified atom stereocenters. The molecule has 0 saturated heterocycles. The van der Waals surface area contributed by atoms with Crippen LogP contribution in [0.4, 0.5) is 11.4 Å². The third-order valence-electron chi connectivity index (χ3n) is 4.96. The molecule has 0 aromatic heterocycles. The Morgan fingerprint density at radius 3 is 2.59 bits per heavy atom. The quantitative estimate of drug-likeness (QED) is 0.314. The van der Waals surface area contributed by atoms with Crippen molar-refractivity contribution in [2.75, 3.05) is 18.6 Å². The summed E-state index contributed by atoms with van der Waals surface area (Å²) in [5.74, 6) is -1.30. The second-order valence-electron chi connectivity index (χ2n) is 7.19. The molecule has 1 heterocycles. The van der Waals surface area contributed by atoms with Crippen molar-refractivity contribution in [3.8, 4) is 0 Å². The molecule has 0 N–H and O–H groups in total. The average molecular weight is 415 g/mol. The number of ketones is 1. The van der Waals surface area contributed by atoms with E-state index in [1.165, 1.54) is 18.2 Å². The molecule has 0 fully saturated rings. The van der Waals surface area contributed by atoms with Crippen LogP contribution in [0.5, 0.6) is 0 Å². The molecule has 1 aliphatic rings. The number of likely N-dealkylation sites (N-methyl/N-ethyl adjacent to an activating group) is 1. The lowest BCUT2D eigenvalue weighted by molar-refractivity contribution is -0.384. The molecule has 2 aromatic carbocycles. The number of benzene rings is 2. The summed E-state index contributed by atoms with van der Waals surface area (Å²) in [4.78, 5) is 36.9. The van der Waals surface area contributed by atoms with Gasteiger partial charge in [-0.25, -0.2) is 4.79 Å². The summed E-state index contributed by atoms with van der Waals surface area (Å²) < 4.78 is 5.04. The normalized spacial score (nSPS) is 15.9. The molecule has 150 valence electrons. The van der Waals surface area contributed by atoms with Gasteiger partial charge < -0.3 is 9.64 Å². The highest BCUT2D eigenvalue weighted by Crippen LogP contribution is 2.46. The van der Waals surface area contributed by atoms with Gasteiger partial charge in [0.05, 0.1) is 15.5 Å². The predicted molar refractivity (Wildman–Crippen MR) is 109 cm³/mol. The Labute approximate surface area is 172 Å². The van der Waals surface area contributed by atoms with Gasteiger partial charge in [-0.2, -0.15) is 0 Å². The first kappa shape index (κ1) is 20.5. The van der Waals surface area contributed by atoms with Crippen molar-refractivity contribution in [2.45, 2.75) is 19.3 Å². The first-order valence-corrected chi connectivity index (χ1v) is 9.20. The molecule has 0 atom stereocenters. The highest BCUT2D eigenvalue weighted by atomic mass is 35.5. The number of anilines is 1. The Kier molecular flexibility index (Phi) is 5.44. The molecule has 1 aliphatic heterocycles. The van der Waals surface area contributed by atoms with Crippen molar-refractivity contribution in [2.24, 2.45) is 0 Å². The number of nitro benzene ring substituents is 1. The van der Waals surface area contributed by atoms with Crippen LogP contribution in [0.3, 0.4) is 0 Å². The second-order valence-corrected chi connectivity index (χ2v) is 7.60. The minimum atomic E-state index is -0.896. The van der Waals surface area contributed by atoms with E-state index in [0.717, 1.165) is 23.0 Å². The number of nitrogens with zero attached hydrogens (tertiary/aromatic N) is 2. The first-order valence-electron chi connectivity index (χ1n) is 8.82. The number of ether oxygens (including phenoxy) is 1. The standard InChI is InChI=1S/C21H19ClN2O5/c1-21(2)16-6-4-5-7-18(16)23(3)19(21)11-14(25)12-29-20(26)15-10-13(24(27)28)8-9-17(15)22/h4-11H,12H2,1-3H3/b19-11-. The van der Waals surface area contributed by atoms with E-state index in [1.54, 1.807) is 0 Å². The molecule has 0 bridgehead atoms. The number of fused-ring (bicyclic) bond motifs is 1. The molecule has 0 aliphatic carbocycles. The van der Waals surface area contributed by atoms with Crippen molar-refractivity contribution >= 4 is 34.7 Å². The Bertz CT molecular complexity index is 1050. The van der Waals surface area contributed by atoms with Crippen molar-refractivity contribution in [3.63, 3.8) is 0 Å². The van der Waals surface area contributed by atoms with Gasteiger partial charge in [0.2, 0.25) is 0 Å². The first-order chi connectivity index (χ1) is 13.6. The van der Waals surface area contributed by atoms with Crippen molar-refractivity contribution < 1.29 is 19.2 Å². The van der Waals surface area contributed by atoms with Crippen LogP contribution in [0.15, 0.2) is 54.2 Å². The number of nitro groups is 1. The zero-order valence-electron chi connectivity index (χ0n) is 16.1. The fourth-order valence-corrected chi connectivity index (χ4v) is 3.65. The summed E-state index contributed by atoms with van der Waals surface area (Å²) in [6.07, 6.45) is 1.46. The molecular formula is C21H19ClN2O5. The number of carbonyl (C=O) groups is 2. The molecular weight excluding hydrogens is 396 g/mol. The van der Waals surface area contributed by atoms with E-state index in [9.17, 15) is 19.7 Å². The van der Waals surface area contributed by atoms with Crippen LogP contribution in [0.2, 0.25) is 5.02 Å². The van der Waals surface area contributed by atoms with Gasteiger partial charge in [0.15, 0.2) is 12.4 Å². The molecule has 0 radical (unpaired) electrons. The molecule has 0 amide bonds. The summed E-state index contributed by atoms with van der Waals surface area (Å²) >= 11 is 5.93. The fourth-order valence-electron chi connectivity index (χ4n) is 3.45. The lowest BCUT2D eigenvalue weighted by Crippen LogP contribution is -2.25. The number of hydrogen-bond acceptors (Lipinski definition) is 6. The van der Waals surface area contributed by atoms with Gasteiger partial charge in [-0.1, -0.05) is 43.6 Å². The molecule has 2 aromatic rings. The molecule has 0 spiro atoms. The van der Waals surface area contributed by atoms with Crippen molar-refractivity contribution in [1.82, 2.24) is 0 Å². The van der Waals surface area contributed by atoms with Gasteiger partial charge in [-0.05, 0) is 17.7 Å². The largest absolute Gasteiger partial charge is 0.454 e. The Hall–Kier alpha value is -3.19. The number of allylic oxidation sites excluding steroid dienone is 1. The molecule has 0 saturated carbocycles. The zero-order chi connectivity index (χ0) is 21.3. The summed E-state index contributed by atoms with van der Waals surface area (Å²) in [6.45, 7) is 3.54. The van der Waals surface area contributed by atoms with E-state index in [2.05, 4.69) is 0 Å². The highest BCUT2D eigenvalue weighted by molar-refractivity contribution is 6.33. The van der Waals surface area contributed by atoms with Crippen molar-refractivity contribution in [3.05, 3.63) is 80.5 Å². The number of rotatable bonds is 5. The summed E-state index contributed by atoms with van der Waals surface area (Å²) in [6, 6.07) is 11.3. The van der Waals surface area contributed by atoms with Crippen LogP contribution in [0.25, 0.3) is 0 Å². The molecule has 29 heavy (non-hydrogen) atoms. The lowest BCUT2D eigenvalue weighted by atomic mass is 9.83. The average Bonchev–Trinajstić information content (AvgIpc) is 2.87. The monoisotopic (exact) mass is 414 g/mol. The van der Waals surface area contributed by atoms with Gasteiger partial charge >= 0.3 is 5.97 Å². The van der Waals surface area contributed by atoms with E-state index in [1.807, 2.05) is 50.1 Å². The van der Waals surface area contributed by atoms with Gasteiger partial charge in [0.25, 0.3) is 5.69 Å². The van der Waals surface area contributed by atoms with E-state index < -0.39 is 23.3 Å². The number of esters is 1. The maximum absolute atomic E-state index is 12.5. The Morgan fingerprint density at radius 1 is 1.24 bits per heavy atom. The van der Waals surface area contributed by atoms with Crippen LogP contribution in [-0.2, 0) is 14.9 Å². The second kappa shape index (κ2) is 7.67. The van der Waals surface area contributed by atoms with Gasteiger partial charge in [-0.15, -0.1) is 0 Å². The van der Waals surface area contributed by atoms with E-state index in [4.69, 9.17) is 16.3 Å². The number of halogens is 1. The minimum Gasteiger partial charge on any atom is -0.454 e. The number of carbonyl (C=O) groups excluding carboxylic acids is 2. The maximum Gasteiger partial charge on any atom is 0.340 e. The summed E-state index contributed by atoms with van der Waals surface area (Å²) in [5.41, 5.74) is 2.06. The number of hydrogen-bond donors (Lipinski definition) is 0. The Morgan fingerprint density at radius 2 is 1.93 bits per heavy atom. The third kappa shape index (κ3) is 3.86. The van der Waals surface area contributed by atoms with Gasteiger partial charge in [0.1, 0.15) is 0 Å². The molecule has 3 rings (SSSR count). The minimum absolute atomic E-state index is 0.0125. The van der Waals surface area contributed by atoms with Crippen LogP contribution in [0, 0.1) is 10.1 Å². The topological polar surface area (TPSA) is 89.8 Å². The van der Waals surface area contributed by atoms with Gasteiger partial charge in [0, 0.05) is 42.1 Å². The van der Waals surface area contributed by atoms with Crippen LogP contribution in [0.1, 0.15) is 29.8 Å². The molecule has 7 nitrogen and oxygen atoms in total. The summed E-state index contributed by atoms with van der Waals surface area (Å²) in [5, 5.41) is 10.9. The van der Waals surface area contributed by atoms with Crippen molar-refractivity contribution in [1.29, 1.82) is 0 Å². The van der Waals surface area contributed by atoms with Crippen LogP contribution >= 0.6 is 11.6 Å². The highest BCUT2D eigenvalue weighted by Gasteiger charge is 2.38. The van der Waals surface area contributed by atoms with Crippen LogP contribution in [-0.4, -0.2) is 30.3 Å². The predicted octanol–water partition coefficient (Wildman–Crippen LogP) is 4.29. The van der Waals surface area contributed by atoms with Crippen LogP contribution < -0.4 is 4.90 Å². The van der Waals surface area contributed by atoms with Gasteiger partial charge in [-0.3, -0.25) is 14.9 Å². The maximum atomic E-state index is 12.5. The molecule has 8 heteroatoms. The Balaban J connectivity index is 1.75.